The summed E-state index contributed by atoms with van der Waals surface area (Å²) in [7, 11) is 1.84. The molecule has 1 N–H and O–H groups in total. The van der Waals surface area contributed by atoms with Gasteiger partial charge in [0.15, 0.2) is 5.65 Å². The van der Waals surface area contributed by atoms with Gasteiger partial charge >= 0.3 is 0 Å². The molecular formula is C21H16N10. The molecular weight excluding hydrogens is 392 g/mol. The molecule has 0 bridgehead atoms. The second-order valence-electron chi connectivity index (χ2n) is 6.79. The van der Waals surface area contributed by atoms with Crippen molar-refractivity contribution in [2.75, 3.05) is 5.32 Å². The summed E-state index contributed by atoms with van der Waals surface area (Å²) in [6, 6.07) is 15.0. The zero-order valence-corrected chi connectivity index (χ0v) is 16.5. The molecule has 0 aliphatic carbocycles. The molecule has 0 aliphatic rings. The van der Waals surface area contributed by atoms with Crippen molar-refractivity contribution in [3.05, 3.63) is 78.3 Å². The molecule has 0 aromatic carbocycles. The molecule has 0 saturated carbocycles. The highest BCUT2D eigenvalue weighted by Crippen LogP contribution is 2.21. The monoisotopic (exact) mass is 408 g/mol. The normalized spacial score (nSPS) is 10.8. The SMILES string of the molecule is Cn1nccc1Nc1nccc(-c2ccn3c(Cc4cccc(C#N)n4)nnc3c2)n1. The minimum atomic E-state index is 0.382. The zero-order valence-electron chi connectivity index (χ0n) is 16.5. The van der Waals surface area contributed by atoms with Crippen LogP contribution < -0.4 is 5.32 Å². The van der Waals surface area contributed by atoms with Crippen molar-refractivity contribution in [2.24, 2.45) is 7.05 Å². The van der Waals surface area contributed by atoms with Gasteiger partial charge in [0.2, 0.25) is 5.95 Å². The highest BCUT2D eigenvalue weighted by molar-refractivity contribution is 5.65. The van der Waals surface area contributed by atoms with E-state index < -0.39 is 0 Å². The van der Waals surface area contributed by atoms with E-state index in [-0.39, 0.29) is 0 Å². The van der Waals surface area contributed by atoms with Crippen molar-refractivity contribution in [2.45, 2.75) is 6.42 Å². The number of hydrogen-bond acceptors (Lipinski definition) is 8. The van der Waals surface area contributed by atoms with Crippen LogP contribution >= 0.6 is 0 Å². The Kier molecular flexibility index (Phi) is 4.53. The summed E-state index contributed by atoms with van der Waals surface area (Å²) in [5.74, 6) is 2.01. The fourth-order valence-corrected chi connectivity index (χ4v) is 3.21. The van der Waals surface area contributed by atoms with E-state index in [0.29, 0.717) is 23.7 Å². The average molecular weight is 408 g/mol. The number of pyridine rings is 2. The van der Waals surface area contributed by atoms with E-state index in [9.17, 15) is 0 Å². The van der Waals surface area contributed by atoms with Crippen LogP contribution in [0, 0.1) is 11.3 Å². The Labute approximate surface area is 176 Å². The molecule has 0 saturated heterocycles. The van der Waals surface area contributed by atoms with E-state index in [2.05, 4.69) is 41.6 Å². The van der Waals surface area contributed by atoms with Crippen LogP contribution in [0.25, 0.3) is 16.9 Å². The number of hydrogen-bond donors (Lipinski definition) is 1. The minimum absolute atomic E-state index is 0.382. The topological polar surface area (TPSA) is 122 Å². The van der Waals surface area contributed by atoms with Gasteiger partial charge in [-0.1, -0.05) is 6.07 Å². The maximum Gasteiger partial charge on any atom is 0.228 e. The fraction of sp³-hybridized carbons (Fsp3) is 0.0952. The summed E-state index contributed by atoms with van der Waals surface area (Å²) >= 11 is 0. The van der Waals surface area contributed by atoms with Crippen molar-refractivity contribution in [1.29, 1.82) is 5.26 Å². The lowest BCUT2D eigenvalue weighted by atomic mass is 10.2. The van der Waals surface area contributed by atoms with Crippen molar-refractivity contribution < 1.29 is 0 Å². The van der Waals surface area contributed by atoms with Crippen LogP contribution in [0.3, 0.4) is 0 Å². The number of aryl methyl sites for hydroxylation is 1. The largest absolute Gasteiger partial charge is 0.309 e. The molecule has 0 radical (unpaired) electrons. The second-order valence-corrected chi connectivity index (χ2v) is 6.79. The molecule has 5 aromatic rings. The predicted molar refractivity (Wildman–Crippen MR) is 112 cm³/mol. The van der Waals surface area contributed by atoms with Crippen molar-refractivity contribution in [3.63, 3.8) is 0 Å². The molecule has 0 aliphatic heterocycles. The van der Waals surface area contributed by atoms with Crippen LogP contribution in [0.1, 0.15) is 17.2 Å². The van der Waals surface area contributed by atoms with Gasteiger partial charge in [-0.15, -0.1) is 10.2 Å². The fourth-order valence-electron chi connectivity index (χ4n) is 3.21. The zero-order chi connectivity index (χ0) is 21.2. The highest BCUT2D eigenvalue weighted by atomic mass is 15.3. The Bertz CT molecular complexity index is 1430. The summed E-state index contributed by atoms with van der Waals surface area (Å²) < 4.78 is 3.61. The molecule has 10 nitrogen and oxygen atoms in total. The minimum Gasteiger partial charge on any atom is -0.309 e. The Balaban J connectivity index is 1.43. The predicted octanol–water partition coefficient (Wildman–Crippen LogP) is 2.52. The third kappa shape index (κ3) is 3.67. The summed E-state index contributed by atoms with van der Waals surface area (Å²) in [6.07, 6.45) is 5.79. The van der Waals surface area contributed by atoms with E-state index in [4.69, 9.17) is 5.26 Å². The first-order chi connectivity index (χ1) is 15.2. The van der Waals surface area contributed by atoms with Crippen LogP contribution in [0.5, 0.6) is 0 Å². The molecule has 5 heterocycles. The van der Waals surface area contributed by atoms with Crippen LogP contribution in [0.15, 0.2) is 61.1 Å². The van der Waals surface area contributed by atoms with E-state index in [1.54, 1.807) is 23.1 Å². The number of nitrogens with zero attached hydrogens (tertiary/aromatic N) is 9. The highest BCUT2D eigenvalue weighted by Gasteiger charge is 2.11. The average Bonchev–Trinajstić information content (AvgIpc) is 3.39. The van der Waals surface area contributed by atoms with Gasteiger partial charge in [0.1, 0.15) is 23.4 Å². The number of nitriles is 1. The summed E-state index contributed by atoms with van der Waals surface area (Å²) in [4.78, 5) is 13.2. The Morgan fingerprint density at radius 1 is 1.06 bits per heavy atom. The number of rotatable bonds is 5. The first-order valence-electron chi connectivity index (χ1n) is 9.48. The molecule has 31 heavy (non-hydrogen) atoms. The maximum atomic E-state index is 9.04. The molecule has 5 rings (SSSR count). The summed E-state index contributed by atoms with van der Waals surface area (Å²) in [6.45, 7) is 0. The van der Waals surface area contributed by atoms with Gasteiger partial charge in [0, 0.05) is 36.8 Å². The van der Waals surface area contributed by atoms with Crippen molar-refractivity contribution in [1.82, 2.24) is 39.3 Å². The quantitative estimate of drug-likeness (QED) is 0.471. The number of nitrogens with one attached hydrogen (secondary N) is 1. The third-order valence-electron chi connectivity index (χ3n) is 4.75. The van der Waals surface area contributed by atoms with Crippen molar-refractivity contribution in [3.8, 4) is 17.3 Å². The van der Waals surface area contributed by atoms with Gasteiger partial charge in [-0.25, -0.2) is 15.0 Å². The van der Waals surface area contributed by atoms with Crippen LogP contribution in [-0.2, 0) is 13.5 Å². The van der Waals surface area contributed by atoms with E-state index in [0.717, 1.165) is 28.6 Å². The van der Waals surface area contributed by atoms with Gasteiger partial charge < -0.3 is 5.32 Å². The van der Waals surface area contributed by atoms with Gasteiger partial charge in [-0.3, -0.25) is 9.08 Å². The van der Waals surface area contributed by atoms with Crippen LogP contribution in [0.4, 0.5) is 11.8 Å². The molecule has 0 fully saturated rings. The first-order valence-corrected chi connectivity index (χ1v) is 9.48. The summed E-state index contributed by atoms with van der Waals surface area (Å²) in [5, 5.41) is 24.9. The van der Waals surface area contributed by atoms with Gasteiger partial charge in [-0.2, -0.15) is 10.4 Å². The van der Waals surface area contributed by atoms with Gasteiger partial charge in [0.25, 0.3) is 0 Å². The van der Waals surface area contributed by atoms with Crippen LogP contribution in [0.2, 0.25) is 0 Å². The Morgan fingerprint density at radius 2 is 2.00 bits per heavy atom. The summed E-state index contributed by atoms with van der Waals surface area (Å²) in [5.41, 5.74) is 3.50. The van der Waals surface area contributed by atoms with E-state index >= 15 is 0 Å². The van der Waals surface area contributed by atoms with Crippen molar-refractivity contribution >= 4 is 17.4 Å². The van der Waals surface area contributed by atoms with Gasteiger partial charge in [0.05, 0.1) is 18.3 Å². The molecule has 0 unspecified atom stereocenters. The smallest absolute Gasteiger partial charge is 0.228 e. The lowest BCUT2D eigenvalue weighted by molar-refractivity contribution is 0.775. The molecule has 0 spiro atoms. The first kappa shape index (κ1) is 18.4. The van der Waals surface area contributed by atoms with E-state index in [1.165, 1.54) is 0 Å². The third-order valence-corrected chi connectivity index (χ3v) is 4.75. The molecule has 0 amide bonds. The van der Waals surface area contributed by atoms with Gasteiger partial charge in [-0.05, 0) is 30.3 Å². The Hall–Kier alpha value is -4.65. The molecule has 0 atom stereocenters. The lowest BCUT2D eigenvalue weighted by Crippen LogP contribution is -2.03. The van der Waals surface area contributed by atoms with E-state index in [1.807, 2.05) is 54.0 Å². The molecule has 5 aromatic heterocycles. The number of aromatic nitrogens is 8. The number of fused-ring (bicyclic) bond motifs is 1. The molecule has 150 valence electrons. The second kappa shape index (κ2) is 7.64. The van der Waals surface area contributed by atoms with Crippen LogP contribution in [-0.4, -0.2) is 39.3 Å². The maximum absolute atomic E-state index is 9.04. The Morgan fingerprint density at radius 3 is 2.84 bits per heavy atom. The number of anilines is 2. The lowest BCUT2D eigenvalue weighted by Gasteiger charge is -2.07. The standard InChI is InChI=1S/C21H16N10/c1-30-18(6-9-24-30)27-21-23-8-5-17(26-21)14-7-10-31-19(11-14)28-29-20(31)12-15-3-2-4-16(13-22)25-15/h2-11H,12H2,1H3,(H,23,26,27). The molecule has 10 heteroatoms.